The molecular formula is C11H13N3O2. The van der Waals surface area contributed by atoms with E-state index in [9.17, 15) is 4.79 Å². The van der Waals surface area contributed by atoms with E-state index in [0.29, 0.717) is 6.42 Å². The van der Waals surface area contributed by atoms with Crippen molar-refractivity contribution in [3.63, 3.8) is 0 Å². The number of aryl methyl sites for hydroxylation is 3. The molecule has 1 N–H and O–H groups in total. The van der Waals surface area contributed by atoms with Gasteiger partial charge in [-0.1, -0.05) is 0 Å². The highest BCUT2D eigenvalue weighted by atomic mass is 16.4. The van der Waals surface area contributed by atoms with Crippen molar-refractivity contribution >= 4 is 11.6 Å². The molecule has 0 aromatic carbocycles. The Labute approximate surface area is 92.8 Å². The molecule has 0 aliphatic rings. The van der Waals surface area contributed by atoms with Crippen molar-refractivity contribution in [3.05, 3.63) is 29.5 Å². The van der Waals surface area contributed by atoms with Crippen LogP contribution in [0.1, 0.15) is 23.5 Å². The van der Waals surface area contributed by atoms with Gasteiger partial charge < -0.3 is 5.11 Å². The van der Waals surface area contributed by atoms with Crippen molar-refractivity contribution < 1.29 is 9.90 Å². The lowest BCUT2D eigenvalue weighted by Crippen LogP contribution is -1.99. The minimum absolute atomic E-state index is 0.108. The van der Waals surface area contributed by atoms with Gasteiger partial charge in [0, 0.05) is 23.9 Å². The average Bonchev–Trinajstić information content (AvgIpc) is 2.52. The normalized spacial score (nSPS) is 10.9. The molecule has 2 aromatic heterocycles. The maximum absolute atomic E-state index is 10.5. The number of aliphatic carboxylic acids is 1. The van der Waals surface area contributed by atoms with E-state index in [1.54, 1.807) is 6.33 Å². The first-order chi connectivity index (χ1) is 7.58. The summed E-state index contributed by atoms with van der Waals surface area (Å²) in [4.78, 5) is 19.1. The second kappa shape index (κ2) is 3.92. The van der Waals surface area contributed by atoms with Crippen LogP contribution >= 0.6 is 0 Å². The van der Waals surface area contributed by atoms with E-state index in [0.717, 1.165) is 22.7 Å². The second-order valence-corrected chi connectivity index (χ2v) is 3.80. The molecule has 0 aliphatic carbocycles. The molecule has 2 rings (SSSR count). The zero-order valence-electron chi connectivity index (χ0n) is 9.27. The summed E-state index contributed by atoms with van der Waals surface area (Å²) in [6.07, 6.45) is 2.29. The molecule has 2 aromatic rings. The molecule has 0 unspecified atom stereocenters. The SMILES string of the molecule is Cc1cc2nc(CCC(=O)O)c(C)n2cn1. The highest BCUT2D eigenvalue weighted by Gasteiger charge is 2.09. The molecule has 0 spiro atoms. The Balaban J connectivity index is 2.39. The number of carboxylic acids is 1. The maximum atomic E-state index is 10.5. The van der Waals surface area contributed by atoms with Gasteiger partial charge in [0.2, 0.25) is 0 Å². The predicted octanol–water partition coefficient (Wildman–Crippen LogP) is 1.36. The average molecular weight is 219 g/mol. The van der Waals surface area contributed by atoms with Gasteiger partial charge in [-0.3, -0.25) is 9.20 Å². The monoisotopic (exact) mass is 219 g/mol. The van der Waals surface area contributed by atoms with Gasteiger partial charge in [0.25, 0.3) is 0 Å². The van der Waals surface area contributed by atoms with E-state index in [1.807, 2.05) is 24.3 Å². The molecule has 0 saturated heterocycles. The van der Waals surface area contributed by atoms with E-state index in [-0.39, 0.29) is 6.42 Å². The maximum Gasteiger partial charge on any atom is 0.303 e. The summed E-state index contributed by atoms with van der Waals surface area (Å²) in [5.41, 5.74) is 3.52. The lowest BCUT2D eigenvalue weighted by atomic mass is 10.2. The fourth-order valence-electron chi connectivity index (χ4n) is 1.67. The van der Waals surface area contributed by atoms with Crippen molar-refractivity contribution in [2.75, 3.05) is 0 Å². The molecule has 5 heteroatoms. The largest absolute Gasteiger partial charge is 0.481 e. The minimum Gasteiger partial charge on any atom is -0.481 e. The van der Waals surface area contributed by atoms with Crippen molar-refractivity contribution in [1.82, 2.24) is 14.4 Å². The van der Waals surface area contributed by atoms with Crippen molar-refractivity contribution in [2.24, 2.45) is 0 Å². The van der Waals surface area contributed by atoms with Gasteiger partial charge in [-0.2, -0.15) is 0 Å². The number of hydrogen-bond donors (Lipinski definition) is 1. The van der Waals surface area contributed by atoms with Gasteiger partial charge in [0.1, 0.15) is 12.0 Å². The van der Waals surface area contributed by atoms with Gasteiger partial charge in [-0.25, -0.2) is 9.97 Å². The van der Waals surface area contributed by atoms with Crippen LogP contribution < -0.4 is 0 Å². The third-order valence-electron chi connectivity index (χ3n) is 2.57. The number of hydrogen-bond acceptors (Lipinski definition) is 3. The van der Waals surface area contributed by atoms with Crippen LogP contribution in [0.4, 0.5) is 0 Å². The number of aromatic nitrogens is 3. The van der Waals surface area contributed by atoms with Gasteiger partial charge in [0.15, 0.2) is 0 Å². The molecule has 0 aliphatic heterocycles. The molecule has 0 amide bonds. The Morgan fingerprint density at radius 2 is 2.25 bits per heavy atom. The summed E-state index contributed by atoms with van der Waals surface area (Å²) < 4.78 is 1.88. The van der Waals surface area contributed by atoms with Crippen LogP contribution in [0.5, 0.6) is 0 Å². The Hall–Kier alpha value is -1.91. The lowest BCUT2D eigenvalue weighted by molar-refractivity contribution is -0.136. The second-order valence-electron chi connectivity index (χ2n) is 3.80. The number of fused-ring (bicyclic) bond motifs is 1. The number of rotatable bonds is 3. The van der Waals surface area contributed by atoms with E-state index in [1.165, 1.54) is 0 Å². The molecule has 2 heterocycles. The van der Waals surface area contributed by atoms with Crippen LogP contribution in [-0.2, 0) is 11.2 Å². The third-order valence-corrected chi connectivity index (χ3v) is 2.57. The van der Waals surface area contributed by atoms with Gasteiger partial charge >= 0.3 is 5.97 Å². The molecular weight excluding hydrogens is 206 g/mol. The predicted molar refractivity (Wildman–Crippen MR) is 58.4 cm³/mol. The van der Waals surface area contributed by atoms with Gasteiger partial charge in [-0.05, 0) is 13.8 Å². The molecule has 16 heavy (non-hydrogen) atoms. The molecule has 0 bridgehead atoms. The zero-order valence-corrected chi connectivity index (χ0v) is 9.27. The highest BCUT2D eigenvalue weighted by Crippen LogP contribution is 2.13. The molecule has 0 atom stereocenters. The molecule has 5 nitrogen and oxygen atoms in total. The first-order valence-electron chi connectivity index (χ1n) is 5.10. The standard InChI is InChI=1S/C11H13N3O2/c1-7-5-10-13-9(3-4-11(15)16)8(2)14(10)6-12-7/h5-6H,3-4H2,1-2H3,(H,15,16). The van der Waals surface area contributed by atoms with Crippen LogP contribution in [-0.4, -0.2) is 25.4 Å². The van der Waals surface area contributed by atoms with Gasteiger partial charge in [-0.15, -0.1) is 0 Å². The zero-order chi connectivity index (χ0) is 11.7. The van der Waals surface area contributed by atoms with Crippen molar-refractivity contribution in [2.45, 2.75) is 26.7 Å². The Kier molecular flexibility index (Phi) is 2.60. The Morgan fingerprint density at radius 3 is 2.94 bits per heavy atom. The van der Waals surface area contributed by atoms with Crippen molar-refractivity contribution in [1.29, 1.82) is 0 Å². The first-order valence-corrected chi connectivity index (χ1v) is 5.10. The Bertz CT molecular complexity index is 545. The number of carboxylic acid groups (broad SMARTS) is 1. The summed E-state index contributed by atoms with van der Waals surface area (Å²) >= 11 is 0. The number of carbonyl (C=O) groups is 1. The quantitative estimate of drug-likeness (QED) is 0.846. The smallest absolute Gasteiger partial charge is 0.303 e. The van der Waals surface area contributed by atoms with E-state index in [4.69, 9.17) is 5.11 Å². The van der Waals surface area contributed by atoms with Crippen molar-refractivity contribution in [3.8, 4) is 0 Å². The number of imidazole rings is 1. The molecule has 0 radical (unpaired) electrons. The Morgan fingerprint density at radius 1 is 1.50 bits per heavy atom. The van der Waals surface area contributed by atoms with Crippen LogP contribution in [0.25, 0.3) is 5.65 Å². The fraction of sp³-hybridized carbons (Fsp3) is 0.364. The summed E-state index contributed by atoms with van der Waals surface area (Å²) in [5, 5.41) is 8.64. The topological polar surface area (TPSA) is 67.5 Å². The minimum atomic E-state index is -0.800. The number of nitrogens with zero attached hydrogens (tertiary/aromatic N) is 3. The molecule has 84 valence electrons. The highest BCUT2D eigenvalue weighted by molar-refractivity contribution is 5.67. The first kappa shape index (κ1) is 10.6. The summed E-state index contributed by atoms with van der Waals surface area (Å²) in [6, 6.07) is 1.89. The van der Waals surface area contributed by atoms with E-state index in [2.05, 4.69) is 9.97 Å². The summed E-state index contributed by atoms with van der Waals surface area (Å²) in [6.45, 7) is 3.83. The van der Waals surface area contributed by atoms with Crippen LogP contribution in [0.3, 0.4) is 0 Å². The summed E-state index contributed by atoms with van der Waals surface area (Å²) in [7, 11) is 0. The lowest BCUT2D eigenvalue weighted by Gasteiger charge is -1.97. The molecule has 0 saturated carbocycles. The summed E-state index contributed by atoms with van der Waals surface area (Å²) in [5.74, 6) is -0.800. The van der Waals surface area contributed by atoms with Crippen LogP contribution in [0.15, 0.2) is 12.4 Å². The van der Waals surface area contributed by atoms with E-state index >= 15 is 0 Å². The molecule has 0 fully saturated rings. The van der Waals surface area contributed by atoms with Crippen LogP contribution in [0.2, 0.25) is 0 Å². The fourth-order valence-corrected chi connectivity index (χ4v) is 1.67. The van der Waals surface area contributed by atoms with Crippen LogP contribution in [0, 0.1) is 13.8 Å². The van der Waals surface area contributed by atoms with Gasteiger partial charge in [0.05, 0.1) is 12.1 Å². The van der Waals surface area contributed by atoms with E-state index < -0.39 is 5.97 Å². The third kappa shape index (κ3) is 1.88.